The number of methoxy groups -OCH3 is 1. The lowest BCUT2D eigenvalue weighted by Crippen LogP contribution is -2.23. The van der Waals surface area contributed by atoms with E-state index in [0.29, 0.717) is 0 Å². The molecule has 0 fully saturated rings. The van der Waals surface area contributed by atoms with E-state index in [0.717, 1.165) is 16.9 Å². The summed E-state index contributed by atoms with van der Waals surface area (Å²) in [6, 6.07) is 5.75. The van der Waals surface area contributed by atoms with Crippen molar-refractivity contribution in [3.05, 3.63) is 29.3 Å². The Hall–Kier alpha value is -1.62. The van der Waals surface area contributed by atoms with E-state index in [-0.39, 0.29) is 5.11 Å². The predicted octanol–water partition coefficient (Wildman–Crippen LogP) is 1.17. The number of nitrogens with two attached hydrogens (primary N) is 1. The smallest absolute Gasteiger partial charge is 0.184 e. The zero-order valence-corrected chi connectivity index (χ0v) is 9.47. The van der Waals surface area contributed by atoms with Crippen LogP contribution in [0.5, 0.6) is 5.75 Å². The highest BCUT2D eigenvalue weighted by Crippen LogP contribution is 2.17. The summed E-state index contributed by atoms with van der Waals surface area (Å²) in [4.78, 5) is 0. The molecule has 0 saturated carbocycles. The molecule has 0 amide bonds. The molecule has 0 radical (unpaired) electrons. The molecule has 15 heavy (non-hydrogen) atoms. The van der Waals surface area contributed by atoms with Crippen molar-refractivity contribution in [2.24, 2.45) is 10.8 Å². The first-order valence-electron chi connectivity index (χ1n) is 4.36. The lowest BCUT2D eigenvalue weighted by Gasteiger charge is -2.04. The maximum atomic E-state index is 5.22. The van der Waals surface area contributed by atoms with Crippen LogP contribution >= 0.6 is 12.2 Å². The first-order valence-corrected chi connectivity index (χ1v) is 4.77. The second-order valence-corrected chi connectivity index (χ2v) is 3.40. The molecule has 0 aromatic heterocycles. The van der Waals surface area contributed by atoms with Crippen molar-refractivity contribution in [2.45, 2.75) is 6.92 Å². The third kappa shape index (κ3) is 3.55. The van der Waals surface area contributed by atoms with Crippen LogP contribution in [-0.4, -0.2) is 18.4 Å². The first-order chi connectivity index (χ1) is 7.13. The van der Waals surface area contributed by atoms with Gasteiger partial charge in [-0.2, -0.15) is 5.10 Å². The monoisotopic (exact) mass is 223 g/mol. The highest BCUT2D eigenvalue weighted by molar-refractivity contribution is 7.80. The van der Waals surface area contributed by atoms with Crippen molar-refractivity contribution >= 4 is 23.5 Å². The molecular formula is C10H13N3OS. The van der Waals surface area contributed by atoms with Gasteiger partial charge in [0.2, 0.25) is 0 Å². The predicted molar refractivity (Wildman–Crippen MR) is 65.2 cm³/mol. The number of benzene rings is 1. The fourth-order valence-corrected chi connectivity index (χ4v) is 1.21. The third-order valence-corrected chi connectivity index (χ3v) is 1.90. The summed E-state index contributed by atoms with van der Waals surface area (Å²) in [5.41, 5.74) is 9.72. The normalized spacial score (nSPS) is 10.3. The molecule has 0 aliphatic rings. The highest BCUT2D eigenvalue weighted by Gasteiger charge is 1.97. The quantitative estimate of drug-likeness (QED) is 0.459. The van der Waals surface area contributed by atoms with Gasteiger partial charge in [0.25, 0.3) is 0 Å². The molecule has 0 atom stereocenters. The third-order valence-electron chi connectivity index (χ3n) is 1.81. The number of aryl methyl sites for hydroxylation is 1. The van der Waals surface area contributed by atoms with Gasteiger partial charge in [0.1, 0.15) is 5.75 Å². The summed E-state index contributed by atoms with van der Waals surface area (Å²) in [6.07, 6.45) is 1.64. The van der Waals surface area contributed by atoms with Crippen LogP contribution in [0, 0.1) is 6.92 Å². The Morgan fingerprint density at radius 3 is 2.87 bits per heavy atom. The molecule has 5 heteroatoms. The lowest BCUT2D eigenvalue weighted by atomic mass is 10.1. The van der Waals surface area contributed by atoms with Crippen molar-refractivity contribution in [1.82, 2.24) is 5.43 Å². The van der Waals surface area contributed by atoms with E-state index in [1.807, 2.05) is 25.1 Å². The number of hydrogen-bond donors (Lipinski definition) is 2. The van der Waals surface area contributed by atoms with Gasteiger partial charge >= 0.3 is 0 Å². The van der Waals surface area contributed by atoms with Gasteiger partial charge in [-0.1, -0.05) is 0 Å². The van der Waals surface area contributed by atoms with Crippen LogP contribution in [-0.2, 0) is 0 Å². The zero-order chi connectivity index (χ0) is 11.3. The van der Waals surface area contributed by atoms with Crippen LogP contribution in [0.15, 0.2) is 23.3 Å². The Morgan fingerprint density at radius 1 is 1.60 bits per heavy atom. The van der Waals surface area contributed by atoms with E-state index in [1.165, 1.54) is 0 Å². The lowest BCUT2D eigenvalue weighted by molar-refractivity contribution is 0.411. The molecule has 0 aliphatic heterocycles. The minimum absolute atomic E-state index is 0.150. The van der Waals surface area contributed by atoms with E-state index in [4.69, 9.17) is 10.5 Å². The Bertz CT molecular complexity index is 390. The molecule has 0 aliphatic carbocycles. The molecule has 0 bridgehead atoms. The number of ether oxygens (including phenoxy) is 1. The average molecular weight is 223 g/mol. The van der Waals surface area contributed by atoms with Crippen LogP contribution in [0.4, 0.5) is 0 Å². The summed E-state index contributed by atoms with van der Waals surface area (Å²) < 4.78 is 5.14. The van der Waals surface area contributed by atoms with Gasteiger partial charge < -0.3 is 10.5 Å². The van der Waals surface area contributed by atoms with Gasteiger partial charge in [0, 0.05) is 0 Å². The summed E-state index contributed by atoms with van der Waals surface area (Å²) in [5.74, 6) is 0.856. The van der Waals surface area contributed by atoms with Gasteiger partial charge in [0.05, 0.1) is 13.3 Å². The van der Waals surface area contributed by atoms with Crippen LogP contribution in [0.25, 0.3) is 0 Å². The standard InChI is InChI=1S/C10H13N3OS/c1-7-5-8(3-4-9(7)14-2)6-12-13-10(11)15/h3-6H,1-2H3,(H3,11,13,15). The summed E-state index contributed by atoms with van der Waals surface area (Å²) in [7, 11) is 1.64. The molecule has 1 aromatic carbocycles. The fourth-order valence-electron chi connectivity index (χ4n) is 1.15. The number of hydrogen-bond acceptors (Lipinski definition) is 3. The van der Waals surface area contributed by atoms with E-state index >= 15 is 0 Å². The Morgan fingerprint density at radius 2 is 2.33 bits per heavy atom. The largest absolute Gasteiger partial charge is 0.496 e. The zero-order valence-electron chi connectivity index (χ0n) is 8.65. The Labute approximate surface area is 94.1 Å². The van der Waals surface area contributed by atoms with Crippen molar-refractivity contribution in [2.75, 3.05) is 7.11 Å². The van der Waals surface area contributed by atoms with Crippen LogP contribution in [0.1, 0.15) is 11.1 Å². The number of thiocarbonyl (C=S) groups is 1. The second-order valence-electron chi connectivity index (χ2n) is 2.96. The topological polar surface area (TPSA) is 59.6 Å². The number of nitrogens with one attached hydrogen (secondary N) is 1. The molecule has 0 spiro atoms. The van der Waals surface area contributed by atoms with Gasteiger partial charge in [-0.15, -0.1) is 0 Å². The van der Waals surface area contributed by atoms with Crippen LogP contribution in [0.2, 0.25) is 0 Å². The summed E-state index contributed by atoms with van der Waals surface area (Å²) in [6.45, 7) is 1.97. The minimum atomic E-state index is 0.150. The number of hydrazone groups is 1. The number of nitrogens with zero attached hydrogens (tertiary/aromatic N) is 1. The SMILES string of the molecule is COc1ccc(C=NNC(N)=S)cc1C. The summed E-state index contributed by atoms with van der Waals surface area (Å²) in [5, 5.41) is 4.01. The molecule has 3 N–H and O–H groups in total. The highest BCUT2D eigenvalue weighted by atomic mass is 32.1. The molecule has 80 valence electrons. The second kappa shape index (κ2) is 5.31. The maximum absolute atomic E-state index is 5.22. The molecular weight excluding hydrogens is 210 g/mol. The number of rotatable bonds is 3. The molecule has 1 aromatic rings. The molecule has 1 rings (SSSR count). The van der Waals surface area contributed by atoms with Crippen LogP contribution in [0.3, 0.4) is 0 Å². The fraction of sp³-hybridized carbons (Fsp3) is 0.200. The first kappa shape index (κ1) is 11.5. The van der Waals surface area contributed by atoms with Crippen molar-refractivity contribution in [3.63, 3.8) is 0 Å². The van der Waals surface area contributed by atoms with E-state index in [1.54, 1.807) is 13.3 Å². The molecule has 4 nitrogen and oxygen atoms in total. The van der Waals surface area contributed by atoms with E-state index < -0.39 is 0 Å². The van der Waals surface area contributed by atoms with Gasteiger partial charge in [0.15, 0.2) is 5.11 Å². The maximum Gasteiger partial charge on any atom is 0.184 e. The molecule has 0 heterocycles. The minimum Gasteiger partial charge on any atom is -0.496 e. The van der Waals surface area contributed by atoms with Gasteiger partial charge in [-0.05, 0) is 48.5 Å². The summed E-state index contributed by atoms with van der Waals surface area (Å²) >= 11 is 4.61. The Balaban J connectivity index is 2.75. The molecule has 0 saturated heterocycles. The van der Waals surface area contributed by atoms with Crippen molar-refractivity contribution in [3.8, 4) is 5.75 Å². The van der Waals surface area contributed by atoms with Gasteiger partial charge in [-0.25, -0.2) is 0 Å². The van der Waals surface area contributed by atoms with Crippen molar-refractivity contribution < 1.29 is 4.74 Å². The Kier molecular flexibility index (Phi) is 4.05. The van der Waals surface area contributed by atoms with E-state index in [9.17, 15) is 0 Å². The van der Waals surface area contributed by atoms with E-state index in [2.05, 4.69) is 22.7 Å². The van der Waals surface area contributed by atoms with Crippen molar-refractivity contribution in [1.29, 1.82) is 0 Å². The average Bonchev–Trinajstić information content (AvgIpc) is 2.17. The van der Waals surface area contributed by atoms with Crippen LogP contribution < -0.4 is 15.9 Å². The molecule has 0 unspecified atom stereocenters. The van der Waals surface area contributed by atoms with Gasteiger partial charge in [-0.3, -0.25) is 5.43 Å².